The second-order valence-electron chi connectivity index (χ2n) is 12.8. The first-order valence-corrected chi connectivity index (χ1v) is 16.9. The zero-order valence-corrected chi connectivity index (χ0v) is 27.1. The predicted molar refractivity (Wildman–Crippen MR) is 209 cm³/mol. The lowest BCUT2D eigenvalue weighted by atomic mass is 9.90. The Kier molecular flexibility index (Phi) is 6.49. The normalized spacial score (nSPS) is 11.6. The lowest BCUT2D eigenvalue weighted by Gasteiger charge is -2.15. The van der Waals surface area contributed by atoms with Crippen molar-refractivity contribution < 1.29 is 0 Å². The van der Waals surface area contributed by atoms with Gasteiger partial charge in [0.05, 0.1) is 27.9 Å². The molecule has 0 saturated heterocycles. The summed E-state index contributed by atoms with van der Waals surface area (Å²) in [4.78, 5) is 15.0. The molecule has 3 aromatic heterocycles. The lowest BCUT2D eigenvalue weighted by molar-refractivity contribution is 1.37. The third-order valence-corrected chi connectivity index (χ3v) is 9.89. The Bertz CT molecular complexity index is 2910. The topological polar surface area (TPSA) is 38.7 Å². The smallest absolute Gasteiger partial charge is 0.0972 e. The fourth-order valence-corrected chi connectivity index (χ4v) is 7.48. The van der Waals surface area contributed by atoms with Gasteiger partial charge in [0.1, 0.15) is 0 Å². The van der Waals surface area contributed by atoms with E-state index in [4.69, 9.17) is 9.97 Å². The minimum Gasteiger partial charge on any atom is -0.254 e. The molecular formula is C47H29N3. The fraction of sp³-hybridized carbons (Fsp3) is 0. The van der Waals surface area contributed by atoms with E-state index in [-0.39, 0.29) is 0 Å². The zero-order chi connectivity index (χ0) is 33.0. The summed E-state index contributed by atoms with van der Waals surface area (Å²) in [7, 11) is 0. The van der Waals surface area contributed by atoms with Crippen molar-refractivity contribution in [3.05, 3.63) is 176 Å². The summed E-state index contributed by atoms with van der Waals surface area (Å²) in [6, 6.07) is 60.3. The highest BCUT2D eigenvalue weighted by Gasteiger charge is 2.16. The van der Waals surface area contributed by atoms with Crippen molar-refractivity contribution in [2.45, 2.75) is 0 Å². The highest BCUT2D eigenvalue weighted by molar-refractivity contribution is 6.15. The van der Waals surface area contributed by atoms with Gasteiger partial charge in [-0.05, 0) is 74.1 Å². The minimum atomic E-state index is 0.927. The summed E-state index contributed by atoms with van der Waals surface area (Å²) in [5.74, 6) is 0. The Hall–Kier alpha value is -6.71. The number of rotatable bonds is 4. The third-order valence-electron chi connectivity index (χ3n) is 9.89. The minimum absolute atomic E-state index is 0.927. The van der Waals surface area contributed by atoms with Gasteiger partial charge in [-0.25, -0.2) is 9.97 Å². The van der Waals surface area contributed by atoms with Gasteiger partial charge in [-0.15, -0.1) is 0 Å². The summed E-state index contributed by atoms with van der Waals surface area (Å²) >= 11 is 0. The van der Waals surface area contributed by atoms with Gasteiger partial charge in [-0.1, -0.05) is 140 Å². The molecule has 50 heavy (non-hydrogen) atoms. The van der Waals surface area contributed by atoms with Gasteiger partial charge >= 0.3 is 0 Å². The number of hydrogen-bond donors (Lipinski definition) is 0. The first-order valence-electron chi connectivity index (χ1n) is 16.9. The standard InChI is InChI=1S/C47H29N3/c1-3-10-30(11-4-1)41-29-44(31-12-5-2-6-13-31)49-43-26-21-35-28-34(19-22-37(35)45(41)43)36-23-24-40(39-16-8-7-15-38(36)39)42-25-20-33-18-17-32-14-9-27-48-46(32)47(33)50-42/h1-29H. The largest absolute Gasteiger partial charge is 0.254 e. The molecule has 0 saturated carbocycles. The van der Waals surface area contributed by atoms with Crippen LogP contribution < -0.4 is 0 Å². The predicted octanol–water partition coefficient (Wildman–Crippen LogP) is 12.3. The molecule has 0 aliphatic carbocycles. The van der Waals surface area contributed by atoms with Crippen LogP contribution in [0.4, 0.5) is 0 Å². The molecule has 232 valence electrons. The van der Waals surface area contributed by atoms with Crippen LogP contribution in [0.5, 0.6) is 0 Å². The quantitative estimate of drug-likeness (QED) is 0.181. The maximum Gasteiger partial charge on any atom is 0.0972 e. The lowest BCUT2D eigenvalue weighted by Crippen LogP contribution is -1.92. The molecule has 0 aliphatic rings. The van der Waals surface area contributed by atoms with Crippen LogP contribution in [0.1, 0.15) is 0 Å². The van der Waals surface area contributed by atoms with Crippen LogP contribution in [-0.2, 0) is 0 Å². The molecule has 3 nitrogen and oxygen atoms in total. The average Bonchev–Trinajstić information content (AvgIpc) is 3.20. The zero-order valence-electron chi connectivity index (χ0n) is 27.1. The molecule has 0 radical (unpaired) electrons. The molecule has 0 amide bonds. The maximum absolute atomic E-state index is 5.19. The molecule has 0 bridgehead atoms. The van der Waals surface area contributed by atoms with Crippen LogP contribution in [0.3, 0.4) is 0 Å². The van der Waals surface area contributed by atoms with Crippen LogP contribution in [0.25, 0.3) is 99.0 Å². The van der Waals surface area contributed by atoms with Gasteiger partial charge in [-0.3, -0.25) is 4.98 Å². The Morgan fingerprint density at radius 3 is 1.84 bits per heavy atom. The van der Waals surface area contributed by atoms with E-state index in [1.807, 2.05) is 18.3 Å². The van der Waals surface area contributed by atoms with Crippen LogP contribution in [0.15, 0.2) is 176 Å². The van der Waals surface area contributed by atoms with Crippen molar-refractivity contribution in [3.63, 3.8) is 0 Å². The highest BCUT2D eigenvalue weighted by Crippen LogP contribution is 2.40. The highest BCUT2D eigenvalue weighted by atomic mass is 14.8. The molecule has 0 atom stereocenters. The van der Waals surface area contributed by atoms with Crippen molar-refractivity contribution in [1.82, 2.24) is 15.0 Å². The molecule has 0 aliphatic heterocycles. The summed E-state index contributed by atoms with van der Waals surface area (Å²) in [6.07, 6.45) is 1.84. The number of fused-ring (bicyclic) bond motifs is 7. The van der Waals surface area contributed by atoms with Gasteiger partial charge in [0, 0.05) is 33.5 Å². The Balaban J connectivity index is 1.14. The summed E-state index contributed by atoms with van der Waals surface area (Å²) < 4.78 is 0. The Morgan fingerprint density at radius 1 is 0.340 bits per heavy atom. The van der Waals surface area contributed by atoms with E-state index in [1.54, 1.807) is 0 Å². The molecule has 0 spiro atoms. The fourth-order valence-electron chi connectivity index (χ4n) is 7.48. The monoisotopic (exact) mass is 635 g/mol. The third kappa shape index (κ3) is 4.63. The van der Waals surface area contributed by atoms with E-state index in [0.717, 1.165) is 49.8 Å². The van der Waals surface area contributed by atoms with Crippen LogP contribution in [0.2, 0.25) is 0 Å². The van der Waals surface area contributed by atoms with Crippen molar-refractivity contribution >= 4 is 54.3 Å². The van der Waals surface area contributed by atoms with Crippen molar-refractivity contribution in [1.29, 1.82) is 0 Å². The van der Waals surface area contributed by atoms with Gasteiger partial charge in [0.15, 0.2) is 0 Å². The van der Waals surface area contributed by atoms with Gasteiger partial charge < -0.3 is 0 Å². The Labute approximate surface area is 289 Å². The van der Waals surface area contributed by atoms with E-state index in [9.17, 15) is 0 Å². The molecule has 0 fully saturated rings. The Morgan fingerprint density at radius 2 is 1.02 bits per heavy atom. The van der Waals surface area contributed by atoms with Gasteiger partial charge in [0.2, 0.25) is 0 Å². The van der Waals surface area contributed by atoms with E-state index in [0.29, 0.717) is 0 Å². The maximum atomic E-state index is 5.19. The first-order chi connectivity index (χ1) is 24.8. The van der Waals surface area contributed by atoms with E-state index in [1.165, 1.54) is 49.2 Å². The molecule has 3 heteroatoms. The number of hydrogen-bond acceptors (Lipinski definition) is 3. The molecule has 3 heterocycles. The molecule has 10 aromatic rings. The van der Waals surface area contributed by atoms with Crippen molar-refractivity contribution in [2.75, 3.05) is 0 Å². The molecule has 0 N–H and O–H groups in total. The summed E-state index contributed by atoms with van der Waals surface area (Å²) in [5, 5.41) is 8.10. The molecule has 0 unspecified atom stereocenters. The molecular weight excluding hydrogens is 607 g/mol. The molecule has 7 aromatic carbocycles. The molecule has 10 rings (SSSR count). The van der Waals surface area contributed by atoms with Crippen molar-refractivity contribution in [3.8, 4) is 44.8 Å². The number of nitrogens with zero attached hydrogens (tertiary/aromatic N) is 3. The van der Waals surface area contributed by atoms with Crippen molar-refractivity contribution in [2.24, 2.45) is 0 Å². The van der Waals surface area contributed by atoms with E-state index >= 15 is 0 Å². The summed E-state index contributed by atoms with van der Waals surface area (Å²) in [6.45, 7) is 0. The van der Waals surface area contributed by atoms with E-state index in [2.05, 4.69) is 163 Å². The number of aromatic nitrogens is 3. The second-order valence-corrected chi connectivity index (χ2v) is 12.8. The van der Waals surface area contributed by atoms with Crippen LogP contribution in [0, 0.1) is 0 Å². The van der Waals surface area contributed by atoms with Gasteiger partial charge in [0.25, 0.3) is 0 Å². The summed E-state index contributed by atoms with van der Waals surface area (Å²) in [5.41, 5.74) is 11.7. The van der Waals surface area contributed by atoms with Crippen LogP contribution in [-0.4, -0.2) is 15.0 Å². The number of pyridine rings is 3. The van der Waals surface area contributed by atoms with Crippen LogP contribution >= 0.6 is 0 Å². The second kappa shape index (κ2) is 11.5. The average molecular weight is 636 g/mol. The number of benzene rings is 7. The van der Waals surface area contributed by atoms with E-state index < -0.39 is 0 Å². The SMILES string of the molecule is c1ccc(-c2cc(-c3ccccc3)c3c(ccc4cc(-c5ccc(-c6ccc7ccc8cccnc8c7n6)c6ccccc56)ccc43)n2)cc1. The van der Waals surface area contributed by atoms with Gasteiger partial charge in [-0.2, -0.15) is 0 Å². The first kappa shape index (κ1) is 28.3.